The van der Waals surface area contributed by atoms with Crippen molar-refractivity contribution in [3.63, 3.8) is 0 Å². The van der Waals surface area contributed by atoms with Crippen molar-refractivity contribution in [2.45, 2.75) is 33.1 Å². The van der Waals surface area contributed by atoms with Gasteiger partial charge in [-0.05, 0) is 13.3 Å². The fraction of sp³-hybridized carbons (Fsp3) is 0.750. The number of carbonyl (C=O) groups is 2. The van der Waals surface area contributed by atoms with Gasteiger partial charge in [0.2, 0.25) is 0 Å². The SMILES string of the molecule is CC(=O)C1(C)CCC(=O)C1. The van der Waals surface area contributed by atoms with Gasteiger partial charge in [-0.2, -0.15) is 0 Å². The average Bonchev–Trinajstić information content (AvgIpc) is 2.13. The molecule has 1 rings (SSSR count). The molecule has 0 aromatic carbocycles. The molecule has 2 heteroatoms. The maximum atomic E-state index is 11.0. The molecule has 0 heterocycles. The van der Waals surface area contributed by atoms with Gasteiger partial charge in [-0.25, -0.2) is 0 Å². The van der Waals surface area contributed by atoms with Crippen LogP contribution in [0.3, 0.4) is 0 Å². The van der Waals surface area contributed by atoms with Crippen LogP contribution in [0.2, 0.25) is 0 Å². The quantitative estimate of drug-likeness (QED) is 0.550. The van der Waals surface area contributed by atoms with Crippen LogP contribution in [0, 0.1) is 5.41 Å². The summed E-state index contributed by atoms with van der Waals surface area (Å²) in [5, 5.41) is 0. The van der Waals surface area contributed by atoms with Crippen molar-refractivity contribution in [2.75, 3.05) is 0 Å². The topological polar surface area (TPSA) is 34.1 Å². The van der Waals surface area contributed by atoms with Crippen molar-refractivity contribution < 1.29 is 9.59 Å². The molecule has 1 aliphatic rings. The zero-order valence-corrected chi connectivity index (χ0v) is 6.44. The van der Waals surface area contributed by atoms with E-state index in [1.165, 1.54) is 0 Å². The predicted molar refractivity (Wildman–Crippen MR) is 37.6 cm³/mol. The summed E-state index contributed by atoms with van der Waals surface area (Å²) < 4.78 is 0. The van der Waals surface area contributed by atoms with E-state index in [0.717, 1.165) is 6.42 Å². The highest BCUT2D eigenvalue weighted by Gasteiger charge is 2.37. The molecule has 0 aromatic heterocycles. The standard InChI is InChI=1S/C8H12O2/c1-6(9)8(2)4-3-7(10)5-8/h3-5H2,1-2H3. The highest BCUT2D eigenvalue weighted by molar-refractivity contribution is 5.92. The van der Waals surface area contributed by atoms with E-state index in [-0.39, 0.29) is 17.0 Å². The van der Waals surface area contributed by atoms with Crippen molar-refractivity contribution in [1.82, 2.24) is 0 Å². The van der Waals surface area contributed by atoms with E-state index in [1.54, 1.807) is 6.92 Å². The molecule has 0 bridgehead atoms. The van der Waals surface area contributed by atoms with E-state index in [1.807, 2.05) is 6.92 Å². The number of carbonyl (C=O) groups excluding carboxylic acids is 2. The van der Waals surface area contributed by atoms with Crippen LogP contribution in [0.5, 0.6) is 0 Å². The molecule has 56 valence electrons. The molecule has 2 nitrogen and oxygen atoms in total. The summed E-state index contributed by atoms with van der Waals surface area (Å²) in [7, 11) is 0. The second kappa shape index (κ2) is 2.19. The van der Waals surface area contributed by atoms with Gasteiger partial charge >= 0.3 is 0 Å². The van der Waals surface area contributed by atoms with Gasteiger partial charge in [-0.1, -0.05) is 6.92 Å². The lowest BCUT2D eigenvalue weighted by Crippen LogP contribution is -2.21. The van der Waals surface area contributed by atoms with Crippen LogP contribution in [0.25, 0.3) is 0 Å². The third kappa shape index (κ3) is 1.11. The van der Waals surface area contributed by atoms with E-state index < -0.39 is 0 Å². The lowest BCUT2D eigenvalue weighted by atomic mass is 9.85. The molecular formula is C8H12O2. The zero-order chi connectivity index (χ0) is 7.78. The molecule has 1 saturated carbocycles. The van der Waals surface area contributed by atoms with Crippen LogP contribution in [0.15, 0.2) is 0 Å². The summed E-state index contributed by atoms with van der Waals surface area (Å²) in [6.45, 7) is 3.44. The van der Waals surface area contributed by atoms with Crippen molar-refractivity contribution in [1.29, 1.82) is 0 Å². The molecular weight excluding hydrogens is 128 g/mol. The van der Waals surface area contributed by atoms with Crippen molar-refractivity contribution in [2.24, 2.45) is 5.41 Å². The largest absolute Gasteiger partial charge is 0.300 e. The van der Waals surface area contributed by atoms with Gasteiger partial charge in [0.1, 0.15) is 11.6 Å². The first-order valence-electron chi connectivity index (χ1n) is 3.57. The van der Waals surface area contributed by atoms with Gasteiger partial charge in [0.05, 0.1) is 0 Å². The minimum Gasteiger partial charge on any atom is -0.300 e. The molecule has 10 heavy (non-hydrogen) atoms. The Morgan fingerprint density at radius 2 is 2.20 bits per heavy atom. The maximum absolute atomic E-state index is 11.0. The van der Waals surface area contributed by atoms with E-state index in [9.17, 15) is 9.59 Å². The maximum Gasteiger partial charge on any atom is 0.136 e. The molecule has 0 aromatic rings. The third-order valence-electron chi connectivity index (χ3n) is 2.39. The highest BCUT2D eigenvalue weighted by atomic mass is 16.1. The monoisotopic (exact) mass is 140 g/mol. The Kier molecular flexibility index (Phi) is 1.63. The summed E-state index contributed by atoms with van der Waals surface area (Å²) in [5.74, 6) is 0.385. The van der Waals surface area contributed by atoms with Crippen LogP contribution in [0.4, 0.5) is 0 Å². The summed E-state index contributed by atoms with van der Waals surface area (Å²) in [5.41, 5.74) is -0.322. The normalized spacial score (nSPS) is 32.8. The molecule has 1 fully saturated rings. The molecule has 0 radical (unpaired) electrons. The van der Waals surface area contributed by atoms with Gasteiger partial charge < -0.3 is 0 Å². The summed E-state index contributed by atoms with van der Waals surface area (Å²) >= 11 is 0. The number of hydrogen-bond donors (Lipinski definition) is 0. The van der Waals surface area contributed by atoms with Gasteiger partial charge in [0.25, 0.3) is 0 Å². The third-order valence-corrected chi connectivity index (χ3v) is 2.39. The second-order valence-electron chi connectivity index (χ2n) is 3.33. The molecule has 0 saturated heterocycles. The fourth-order valence-electron chi connectivity index (χ4n) is 1.33. The van der Waals surface area contributed by atoms with Crippen molar-refractivity contribution >= 4 is 11.6 Å². The van der Waals surface area contributed by atoms with E-state index in [0.29, 0.717) is 12.8 Å². The van der Waals surface area contributed by atoms with Crippen LogP contribution in [-0.4, -0.2) is 11.6 Å². The smallest absolute Gasteiger partial charge is 0.136 e. The zero-order valence-electron chi connectivity index (χ0n) is 6.44. The first-order chi connectivity index (χ1) is 4.54. The molecule has 0 amide bonds. The number of Topliss-reactive ketones (excluding diaryl/α,β-unsaturated/α-hetero) is 2. The number of hydrogen-bond acceptors (Lipinski definition) is 2. The van der Waals surface area contributed by atoms with E-state index in [2.05, 4.69) is 0 Å². The van der Waals surface area contributed by atoms with Crippen LogP contribution in [-0.2, 0) is 9.59 Å². The van der Waals surface area contributed by atoms with Gasteiger partial charge in [0, 0.05) is 18.3 Å². The summed E-state index contributed by atoms with van der Waals surface area (Å²) in [4.78, 5) is 21.8. The Morgan fingerprint density at radius 3 is 2.40 bits per heavy atom. The van der Waals surface area contributed by atoms with Gasteiger partial charge in [0.15, 0.2) is 0 Å². The van der Waals surface area contributed by atoms with Crippen LogP contribution >= 0.6 is 0 Å². The van der Waals surface area contributed by atoms with Crippen LogP contribution < -0.4 is 0 Å². The highest BCUT2D eigenvalue weighted by Crippen LogP contribution is 2.35. The van der Waals surface area contributed by atoms with Crippen LogP contribution in [0.1, 0.15) is 33.1 Å². The molecule has 0 N–H and O–H groups in total. The Bertz CT molecular complexity index is 184. The Labute approximate surface area is 60.6 Å². The Hall–Kier alpha value is -0.660. The number of rotatable bonds is 1. The van der Waals surface area contributed by atoms with Crippen molar-refractivity contribution in [3.05, 3.63) is 0 Å². The summed E-state index contributed by atoms with van der Waals surface area (Å²) in [6, 6.07) is 0. The molecule has 0 spiro atoms. The van der Waals surface area contributed by atoms with Crippen molar-refractivity contribution in [3.8, 4) is 0 Å². The summed E-state index contributed by atoms with van der Waals surface area (Å²) in [6.07, 6.45) is 1.81. The van der Waals surface area contributed by atoms with Gasteiger partial charge in [-0.15, -0.1) is 0 Å². The molecule has 0 aliphatic heterocycles. The van der Waals surface area contributed by atoms with Gasteiger partial charge in [-0.3, -0.25) is 9.59 Å². The van der Waals surface area contributed by atoms with E-state index >= 15 is 0 Å². The molecule has 1 unspecified atom stereocenters. The minimum absolute atomic E-state index is 0.151. The first-order valence-corrected chi connectivity index (χ1v) is 3.57. The number of ketones is 2. The lowest BCUT2D eigenvalue weighted by Gasteiger charge is -2.16. The predicted octanol–water partition coefficient (Wildman–Crippen LogP) is 1.33. The fourth-order valence-corrected chi connectivity index (χ4v) is 1.33. The lowest BCUT2D eigenvalue weighted by molar-refractivity contribution is -0.127. The first kappa shape index (κ1) is 7.45. The molecule has 1 aliphatic carbocycles. The molecule has 1 atom stereocenters. The Morgan fingerprint density at radius 1 is 1.60 bits per heavy atom. The van der Waals surface area contributed by atoms with E-state index in [4.69, 9.17) is 0 Å². The second-order valence-corrected chi connectivity index (χ2v) is 3.33. The Balaban J connectivity index is 2.72. The minimum atomic E-state index is -0.322. The average molecular weight is 140 g/mol.